The van der Waals surface area contributed by atoms with Gasteiger partial charge in [0.2, 0.25) is 0 Å². The first-order chi connectivity index (χ1) is 4.11. The molecule has 0 saturated heterocycles. The normalized spacial score (nSPS) is 13.7. The van der Waals surface area contributed by atoms with E-state index in [4.69, 9.17) is 10.7 Å². The molecule has 0 saturated carbocycles. The first-order valence-electron chi connectivity index (χ1n) is 2.67. The van der Waals surface area contributed by atoms with Crippen LogP contribution in [0.4, 0.5) is 0 Å². The molecule has 1 aromatic heterocycles. The minimum absolute atomic E-state index is 1.04. The van der Waals surface area contributed by atoms with E-state index in [9.17, 15) is 0 Å². The fraction of sp³-hybridized carbons (Fsp3) is 0.333. The minimum Gasteiger partial charge on any atom is -0.357 e. The number of aromatic amines is 1. The third-order valence-corrected chi connectivity index (χ3v) is 2.89. The van der Waals surface area contributed by atoms with Gasteiger partial charge in [0.15, 0.2) is 0 Å². The number of H-pyrrole nitrogens is 1. The quantitative estimate of drug-likeness (QED) is 0.655. The molecule has 0 radical (unpaired) electrons. The average molecular weight is 164 g/mol. The van der Waals surface area contributed by atoms with Gasteiger partial charge in [-0.15, -0.1) is 9.24 Å². The molecule has 0 atom stereocenters. The van der Waals surface area contributed by atoms with Crippen molar-refractivity contribution in [1.82, 2.24) is 4.98 Å². The first-order valence-corrected chi connectivity index (χ1v) is 5.94. The van der Waals surface area contributed by atoms with Crippen LogP contribution in [0.2, 0.25) is 0 Å². The third-order valence-electron chi connectivity index (χ3n) is 1.09. The van der Waals surface area contributed by atoms with Gasteiger partial charge < -0.3 is 4.98 Å². The second kappa shape index (κ2) is 2.27. The molecule has 1 nitrogen and oxygen atoms in total. The van der Waals surface area contributed by atoms with E-state index < -0.39 is 9.24 Å². The number of nitrogens with one attached hydrogen (secondary N) is 1. The SMILES string of the molecule is CS(C)(Cl)c1ccc[nH]1. The van der Waals surface area contributed by atoms with Crippen molar-refractivity contribution in [3.8, 4) is 0 Å². The van der Waals surface area contributed by atoms with E-state index in [1.54, 1.807) is 0 Å². The maximum atomic E-state index is 6.05. The topological polar surface area (TPSA) is 15.8 Å². The summed E-state index contributed by atoms with van der Waals surface area (Å²) in [5.74, 6) is 0. The van der Waals surface area contributed by atoms with Crippen molar-refractivity contribution in [2.75, 3.05) is 12.5 Å². The fourth-order valence-electron chi connectivity index (χ4n) is 0.616. The molecular formula is C6H10ClNS. The number of hydrogen-bond donors (Lipinski definition) is 1. The van der Waals surface area contributed by atoms with Gasteiger partial charge in [-0.3, -0.25) is 0 Å². The van der Waals surface area contributed by atoms with Gasteiger partial charge in [-0.1, -0.05) is 10.7 Å². The highest BCUT2D eigenvalue weighted by Crippen LogP contribution is 2.52. The summed E-state index contributed by atoms with van der Waals surface area (Å²) in [4.78, 5) is 3.08. The number of hydrogen-bond acceptors (Lipinski definition) is 0. The van der Waals surface area contributed by atoms with Crippen molar-refractivity contribution < 1.29 is 0 Å². The Morgan fingerprint density at radius 1 is 1.56 bits per heavy atom. The lowest BCUT2D eigenvalue weighted by Crippen LogP contribution is -1.84. The Morgan fingerprint density at radius 2 is 2.22 bits per heavy atom. The van der Waals surface area contributed by atoms with E-state index in [0.29, 0.717) is 0 Å². The lowest BCUT2D eigenvalue weighted by Gasteiger charge is -2.19. The van der Waals surface area contributed by atoms with Gasteiger partial charge in [0.1, 0.15) is 0 Å². The summed E-state index contributed by atoms with van der Waals surface area (Å²) in [6, 6.07) is 3.98. The van der Waals surface area contributed by atoms with E-state index in [0.717, 1.165) is 5.03 Å². The van der Waals surface area contributed by atoms with Crippen LogP contribution in [0, 0.1) is 0 Å². The van der Waals surface area contributed by atoms with Crippen molar-refractivity contribution in [3.05, 3.63) is 18.3 Å². The molecule has 52 valence electrons. The highest BCUT2D eigenvalue weighted by atomic mass is 35.7. The monoisotopic (exact) mass is 163 g/mol. The van der Waals surface area contributed by atoms with Gasteiger partial charge in [0.05, 0.1) is 5.03 Å². The Labute approximate surface area is 61.2 Å². The molecule has 3 heteroatoms. The van der Waals surface area contributed by atoms with Gasteiger partial charge in [-0.25, -0.2) is 0 Å². The second-order valence-corrected chi connectivity index (χ2v) is 7.40. The Bertz CT molecular complexity index is 175. The molecule has 0 fully saturated rings. The first kappa shape index (κ1) is 7.03. The molecule has 9 heavy (non-hydrogen) atoms. The molecule has 0 aliphatic rings. The van der Waals surface area contributed by atoms with Crippen molar-refractivity contribution in [3.63, 3.8) is 0 Å². The fourth-order valence-corrected chi connectivity index (χ4v) is 1.65. The van der Waals surface area contributed by atoms with Crippen molar-refractivity contribution in [2.45, 2.75) is 5.03 Å². The third kappa shape index (κ3) is 1.66. The number of rotatable bonds is 1. The predicted molar refractivity (Wildman–Crippen MR) is 44.4 cm³/mol. The molecule has 0 aliphatic carbocycles. The average Bonchev–Trinajstić information content (AvgIpc) is 2.08. The summed E-state index contributed by atoms with van der Waals surface area (Å²) in [6.45, 7) is 0. The molecule has 0 bridgehead atoms. The van der Waals surface area contributed by atoms with E-state index in [1.807, 2.05) is 30.8 Å². The maximum absolute atomic E-state index is 6.05. The molecule has 1 rings (SSSR count). The summed E-state index contributed by atoms with van der Waals surface area (Å²) in [5, 5.41) is 1.14. The highest BCUT2D eigenvalue weighted by Gasteiger charge is 2.09. The van der Waals surface area contributed by atoms with Crippen LogP contribution in [-0.2, 0) is 0 Å². The molecular weight excluding hydrogens is 154 g/mol. The zero-order chi connectivity index (χ0) is 6.91. The minimum atomic E-state index is -1.04. The Balaban J connectivity index is 2.90. The van der Waals surface area contributed by atoms with Crippen LogP contribution in [0.1, 0.15) is 0 Å². The van der Waals surface area contributed by atoms with E-state index >= 15 is 0 Å². The van der Waals surface area contributed by atoms with Crippen LogP contribution < -0.4 is 0 Å². The highest BCUT2D eigenvalue weighted by molar-refractivity contribution is 8.50. The molecule has 0 unspecified atom stereocenters. The molecule has 0 spiro atoms. The van der Waals surface area contributed by atoms with Crippen LogP contribution in [0.5, 0.6) is 0 Å². The van der Waals surface area contributed by atoms with Crippen LogP contribution >= 0.6 is 19.9 Å². The van der Waals surface area contributed by atoms with E-state index in [-0.39, 0.29) is 0 Å². The number of aromatic nitrogens is 1. The van der Waals surface area contributed by atoms with E-state index in [2.05, 4.69) is 4.98 Å². The Morgan fingerprint density at radius 3 is 2.44 bits per heavy atom. The van der Waals surface area contributed by atoms with Crippen LogP contribution in [0.25, 0.3) is 0 Å². The lowest BCUT2D eigenvalue weighted by atomic mass is 10.7. The molecule has 1 aromatic rings. The molecule has 0 aromatic carbocycles. The zero-order valence-electron chi connectivity index (χ0n) is 5.52. The summed E-state index contributed by atoms with van der Waals surface area (Å²) < 4.78 is 0. The number of halogens is 1. The summed E-state index contributed by atoms with van der Waals surface area (Å²) in [5.41, 5.74) is 0. The van der Waals surface area contributed by atoms with Gasteiger partial charge in [0, 0.05) is 6.20 Å². The second-order valence-electron chi connectivity index (χ2n) is 2.24. The van der Waals surface area contributed by atoms with Gasteiger partial charge in [-0.2, -0.15) is 0 Å². The summed E-state index contributed by atoms with van der Waals surface area (Å²) in [7, 11) is 5.01. The lowest BCUT2D eigenvalue weighted by molar-refractivity contribution is 1.20. The molecule has 0 aliphatic heterocycles. The van der Waals surface area contributed by atoms with E-state index in [1.165, 1.54) is 0 Å². The molecule has 1 N–H and O–H groups in total. The zero-order valence-corrected chi connectivity index (χ0v) is 7.09. The predicted octanol–water partition coefficient (Wildman–Crippen LogP) is 2.59. The van der Waals surface area contributed by atoms with Crippen LogP contribution in [0.3, 0.4) is 0 Å². The Kier molecular flexibility index (Phi) is 1.78. The van der Waals surface area contributed by atoms with Crippen molar-refractivity contribution in [1.29, 1.82) is 0 Å². The maximum Gasteiger partial charge on any atom is 0.0674 e. The van der Waals surface area contributed by atoms with Gasteiger partial charge in [-0.05, 0) is 24.6 Å². The molecule has 0 amide bonds. The largest absolute Gasteiger partial charge is 0.357 e. The van der Waals surface area contributed by atoms with Crippen molar-refractivity contribution >= 4 is 19.9 Å². The van der Waals surface area contributed by atoms with Crippen LogP contribution in [-0.4, -0.2) is 17.5 Å². The van der Waals surface area contributed by atoms with Crippen molar-refractivity contribution in [2.24, 2.45) is 0 Å². The Hall–Kier alpha value is -0.0800. The van der Waals surface area contributed by atoms with Gasteiger partial charge >= 0.3 is 0 Å². The summed E-state index contributed by atoms with van der Waals surface area (Å²) in [6.07, 6.45) is 5.98. The smallest absolute Gasteiger partial charge is 0.0674 e. The van der Waals surface area contributed by atoms with Gasteiger partial charge in [0.25, 0.3) is 0 Å². The summed E-state index contributed by atoms with van der Waals surface area (Å²) >= 11 is 0. The van der Waals surface area contributed by atoms with Crippen LogP contribution in [0.15, 0.2) is 23.4 Å². The molecule has 1 heterocycles. The standard InChI is InChI=1S/C6H10ClNS/c1-9(2,7)6-4-3-5-8-6/h3-5,8H,1-2H3.